The summed E-state index contributed by atoms with van der Waals surface area (Å²) >= 11 is 0. The first-order valence-corrected chi connectivity index (χ1v) is 13.0. The van der Waals surface area contributed by atoms with Crippen molar-refractivity contribution in [3.63, 3.8) is 0 Å². The van der Waals surface area contributed by atoms with Crippen molar-refractivity contribution >= 4 is 33.6 Å². The van der Waals surface area contributed by atoms with Gasteiger partial charge in [0.05, 0.1) is 22.8 Å². The number of fused-ring (bicyclic) bond motifs is 2. The zero-order valence-corrected chi connectivity index (χ0v) is 23.0. The second kappa shape index (κ2) is 10.5. The molecule has 10 nitrogen and oxygen atoms in total. The Morgan fingerprint density at radius 1 is 0.902 bits per heavy atom. The van der Waals surface area contributed by atoms with Crippen molar-refractivity contribution in [2.24, 2.45) is 0 Å². The molecule has 0 atom stereocenters. The Bertz CT molecular complexity index is 1880. The van der Waals surface area contributed by atoms with Crippen molar-refractivity contribution in [3.05, 3.63) is 66.8 Å². The first-order valence-electron chi connectivity index (χ1n) is 13.0. The maximum absolute atomic E-state index is 16.1. The smallest absolute Gasteiger partial charge is 0.184 e. The molecule has 0 saturated carbocycles. The minimum absolute atomic E-state index is 0.191. The lowest BCUT2D eigenvalue weighted by atomic mass is 10.0. The highest BCUT2D eigenvalue weighted by Gasteiger charge is 2.21. The molecular formula is C29H28F2N10. The summed E-state index contributed by atoms with van der Waals surface area (Å²) in [6.45, 7) is 1.47. The van der Waals surface area contributed by atoms with E-state index in [1.807, 2.05) is 50.1 Å². The molecule has 208 valence electrons. The fourth-order valence-electron chi connectivity index (χ4n) is 4.68. The second-order valence-electron chi connectivity index (χ2n) is 10.2. The molecule has 0 aliphatic carbocycles. The normalized spacial score (nSPS) is 11.6. The monoisotopic (exact) mass is 554 g/mol. The molecule has 0 amide bonds. The van der Waals surface area contributed by atoms with Gasteiger partial charge in [-0.2, -0.15) is 5.10 Å². The molecule has 0 aliphatic rings. The van der Waals surface area contributed by atoms with E-state index >= 15 is 4.39 Å². The summed E-state index contributed by atoms with van der Waals surface area (Å²) < 4.78 is 30.7. The highest BCUT2D eigenvalue weighted by molar-refractivity contribution is 5.96. The number of pyridine rings is 3. The molecule has 12 heteroatoms. The van der Waals surface area contributed by atoms with E-state index in [9.17, 15) is 4.39 Å². The maximum atomic E-state index is 16.1. The number of aromatic nitrogens is 7. The molecule has 41 heavy (non-hydrogen) atoms. The molecule has 0 bridgehead atoms. The van der Waals surface area contributed by atoms with Gasteiger partial charge in [-0.3, -0.25) is 10.1 Å². The Morgan fingerprint density at radius 2 is 1.76 bits per heavy atom. The minimum Gasteiger partial charge on any atom is -0.384 e. The van der Waals surface area contributed by atoms with Crippen LogP contribution in [0.5, 0.6) is 0 Å². The quantitative estimate of drug-likeness (QED) is 0.242. The molecule has 0 fully saturated rings. The number of anilines is 2. The zero-order chi connectivity index (χ0) is 28.7. The standard InChI is InChI=1S/C29H28F2N10/c1-40(2)8-7-33-19-10-16(9-18(30)12-19)21-5-6-34-28-25(21)36-29(37-28)26-23-24(31)22(15-35-27(23)39-38-26)17-11-20(41(3)4)14-32-13-17/h5-6,9-15,33H,7-8H2,1-4H3,(H,34,36,37)(H,35,38,39). The van der Waals surface area contributed by atoms with Gasteiger partial charge >= 0.3 is 0 Å². The summed E-state index contributed by atoms with van der Waals surface area (Å²) in [5.41, 5.74) is 5.27. The van der Waals surface area contributed by atoms with Gasteiger partial charge < -0.3 is 20.1 Å². The lowest BCUT2D eigenvalue weighted by molar-refractivity contribution is 0.425. The lowest BCUT2D eigenvalue weighted by Crippen LogP contribution is -2.20. The van der Waals surface area contributed by atoms with Crippen LogP contribution in [0.1, 0.15) is 0 Å². The zero-order valence-electron chi connectivity index (χ0n) is 23.0. The third-order valence-electron chi connectivity index (χ3n) is 6.80. The van der Waals surface area contributed by atoms with E-state index in [-0.39, 0.29) is 16.9 Å². The molecule has 0 unspecified atom stereocenters. The predicted octanol–water partition coefficient (Wildman–Crippen LogP) is 4.94. The summed E-state index contributed by atoms with van der Waals surface area (Å²) in [6.07, 6.45) is 6.36. The molecule has 1 aromatic carbocycles. The molecule has 5 aromatic heterocycles. The number of nitrogens with zero attached hydrogens (tertiary/aromatic N) is 7. The minimum atomic E-state index is -0.497. The fourth-order valence-corrected chi connectivity index (χ4v) is 4.68. The number of imidazole rings is 1. The number of aromatic amines is 2. The average molecular weight is 555 g/mol. The van der Waals surface area contributed by atoms with Gasteiger partial charge in [0, 0.05) is 68.2 Å². The largest absolute Gasteiger partial charge is 0.384 e. The average Bonchev–Trinajstić information content (AvgIpc) is 3.57. The number of hydrogen-bond donors (Lipinski definition) is 3. The van der Waals surface area contributed by atoms with Gasteiger partial charge in [-0.05, 0) is 50.0 Å². The van der Waals surface area contributed by atoms with Crippen molar-refractivity contribution in [1.82, 2.24) is 40.0 Å². The molecule has 5 heterocycles. The lowest BCUT2D eigenvalue weighted by Gasteiger charge is -2.13. The summed E-state index contributed by atoms with van der Waals surface area (Å²) in [7, 11) is 7.74. The number of rotatable bonds is 8. The van der Waals surface area contributed by atoms with Crippen LogP contribution in [0.25, 0.3) is 56.0 Å². The number of likely N-dealkylation sites (N-methyl/N-ethyl adjacent to an activating group) is 1. The molecule has 0 radical (unpaired) electrons. The Hall–Kier alpha value is -4.97. The number of hydrogen-bond acceptors (Lipinski definition) is 8. The number of nitrogens with one attached hydrogen (secondary N) is 3. The molecule has 3 N–H and O–H groups in total. The molecular weight excluding hydrogens is 526 g/mol. The van der Waals surface area contributed by atoms with Crippen molar-refractivity contribution in [1.29, 1.82) is 0 Å². The topological polar surface area (TPSA) is 115 Å². The van der Waals surface area contributed by atoms with Crippen LogP contribution >= 0.6 is 0 Å². The van der Waals surface area contributed by atoms with Crippen molar-refractivity contribution in [2.45, 2.75) is 0 Å². The third-order valence-corrected chi connectivity index (χ3v) is 6.80. The number of H-pyrrole nitrogens is 2. The Labute approximate surface area is 234 Å². The van der Waals surface area contributed by atoms with Crippen LogP contribution < -0.4 is 10.2 Å². The van der Waals surface area contributed by atoms with Crippen LogP contribution in [0.4, 0.5) is 20.2 Å². The summed E-state index contributed by atoms with van der Waals surface area (Å²) in [4.78, 5) is 24.8. The van der Waals surface area contributed by atoms with E-state index in [2.05, 4.69) is 40.4 Å². The maximum Gasteiger partial charge on any atom is 0.184 e. The second-order valence-corrected chi connectivity index (χ2v) is 10.2. The SMILES string of the molecule is CN(C)CCNc1cc(F)cc(-c2ccnc3nc(-c4[nH]nc5ncc(-c6cncc(N(C)C)c6)c(F)c45)[nH]c23)c1. The number of halogens is 2. The number of benzene rings is 1. The van der Waals surface area contributed by atoms with Crippen molar-refractivity contribution < 1.29 is 8.78 Å². The predicted molar refractivity (Wildman–Crippen MR) is 157 cm³/mol. The molecule has 6 rings (SSSR count). The van der Waals surface area contributed by atoms with E-state index in [0.29, 0.717) is 57.2 Å². The van der Waals surface area contributed by atoms with Crippen LogP contribution in [0.3, 0.4) is 0 Å². The Balaban J connectivity index is 1.42. The van der Waals surface area contributed by atoms with Crippen molar-refractivity contribution in [3.8, 4) is 33.8 Å². The van der Waals surface area contributed by atoms with E-state index in [1.54, 1.807) is 24.7 Å². The van der Waals surface area contributed by atoms with Gasteiger partial charge in [-0.15, -0.1) is 0 Å². The van der Waals surface area contributed by atoms with Gasteiger partial charge in [-0.25, -0.2) is 23.7 Å². The molecule has 6 aromatic rings. The van der Waals surface area contributed by atoms with Crippen LogP contribution in [0, 0.1) is 11.6 Å². The fraction of sp³-hybridized carbons (Fsp3) is 0.207. The van der Waals surface area contributed by atoms with Crippen LogP contribution in [-0.2, 0) is 0 Å². The van der Waals surface area contributed by atoms with Crippen LogP contribution in [-0.4, -0.2) is 81.3 Å². The van der Waals surface area contributed by atoms with Gasteiger partial charge in [0.25, 0.3) is 0 Å². The Kier molecular flexibility index (Phi) is 6.75. The van der Waals surface area contributed by atoms with Gasteiger partial charge in [-0.1, -0.05) is 0 Å². The molecule has 0 aliphatic heterocycles. The van der Waals surface area contributed by atoms with Crippen LogP contribution in [0.15, 0.2) is 55.1 Å². The van der Waals surface area contributed by atoms with E-state index < -0.39 is 5.82 Å². The highest BCUT2D eigenvalue weighted by atomic mass is 19.1. The molecule has 0 spiro atoms. The van der Waals surface area contributed by atoms with E-state index in [0.717, 1.165) is 12.2 Å². The summed E-state index contributed by atoms with van der Waals surface area (Å²) in [6, 6.07) is 8.44. The van der Waals surface area contributed by atoms with Gasteiger partial charge in [0.15, 0.2) is 17.1 Å². The van der Waals surface area contributed by atoms with Crippen LogP contribution in [0.2, 0.25) is 0 Å². The summed E-state index contributed by atoms with van der Waals surface area (Å²) in [5, 5.41) is 10.5. The highest BCUT2D eigenvalue weighted by Crippen LogP contribution is 2.35. The first-order chi connectivity index (χ1) is 19.8. The molecule has 0 saturated heterocycles. The van der Waals surface area contributed by atoms with E-state index in [1.165, 1.54) is 18.3 Å². The third kappa shape index (κ3) is 5.05. The summed E-state index contributed by atoms with van der Waals surface area (Å²) in [5.74, 6) is -0.530. The Morgan fingerprint density at radius 3 is 2.56 bits per heavy atom. The van der Waals surface area contributed by atoms with Gasteiger partial charge in [0.1, 0.15) is 17.3 Å². The first kappa shape index (κ1) is 26.3. The van der Waals surface area contributed by atoms with Crippen molar-refractivity contribution in [2.75, 3.05) is 51.5 Å². The van der Waals surface area contributed by atoms with Gasteiger partial charge in [0.2, 0.25) is 0 Å². The van der Waals surface area contributed by atoms with E-state index in [4.69, 9.17) is 0 Å².